The van der Waals surface area contributed by atoms with E-state index in [4.69, 9.17) is 0 Å². The molecule has 0 saturated heterocycles. The Hall–Kier alpha value is -1.25. The summed E-state index contributed by atoms with van der Waals surface area (Å²) >= 11 is 0. The second-order valence-corrected chi connectivity index (χ2v) is 4.74. The molecule has 0 radical (unpaired) electrons. The Bertz CT molecular complexity index is 326. The van der Waals surface area contributed by atoms with Gasteiger partial charge in [-0.3, -0.25) is 4.79 Å². The van der Waals surface area contributed by atoms with Crippen molar-refractivity contribution in [1.29, 1.82) is 0 Å². The lowest BCUT2D eigenvalue weighted by atomic mass is 9.84. The summed E-state index contributed by atoms with van der Waals surface area (Å²) in [4.78, 5) is 14.7. The van der Waals surface area contributed by atoms with Crippen molar-refractivity contribution < 1.29 is 4.79 Å². The number of amides is 1. The Morgan fingerprint density at radius 1 is 1.44 bits per heavy atom. The molecule has 1 aromatic heterocycles. The van der Waals surface area contributed by atoms with Crippen molar-refractivity contribution in [2.24, 2.45) is 5.92 Å². The second kappa shape index (κ2) is 5.19. The fourth-order valence-corrected chi connectivity index (χ4v) is 2.51. The number of nitrogens with one attached hydrogen (secondary N) is 2. The highest BCUT2D eigenvalue weighted by atomic mass is 16.1. The average molecular weight is 220 g/mol. The van der Waals surface area contributed by atoms with Crippen LogP contribution in [0.15, 0.2) is 18.3 Å². The normalized spacial score (nSPS) is 19.3. The molecule has 2 rings (SSSR count). The van der Waals surface area contributed by atoms with E-state index in [0.29, 0.717) is 11.6 Å². The molecule has 0 bridgehead atoms. The molecule has 1 saturated carbocycles. The van der Waals surface area contributed by atoms with Gasteiger partial charge in [-0.15, -0.1) is 0 Å². The maximum absolute atomic E-state index is 11.8. The van der Waals surface area contributed by atoms with Gasteiger partial charge in [0.1, 0.15) is 5.69 Å². The summed E-state index contributed by atoms with van der Waals surface area (Å²) in [6.45, 7) is 2.12. The van der Waals surface area contributed by atoms with Crippen LogP contribution < -0.4 is 5.32 Å². The molecule has 0 unspecified atom stereocenters. The van der Waals surface area contributed by atoms with E-state index in [-0.39, 0.29) is 11.9 Å². The molecule has 88 valence electrons. The number of carbonyl (C=O) groups is 1. The van der Waals surface area contributed by atoms with Crippen LogP contribution in [0.4, 0.5) is 0 Å². The van der Waals surface area contributed by atoms with Crippen LogP contribution in [0.2, 0.25) is 0 Å². The SMILES string of the molecule is C[C@@H](NC(=O)c1ccc[nH]1)C1CCCCC1. The fraction of sp³-hybridized carbons (Fsp3) is 0.615. The molecule has 3 nitrogen and oxygen atoms in total. The van der Waals surface area contributed by atoms with E-state index in [2.05, 4.69) is 17.2 Å². The van der Waals surface area contributed by atoms with Crippen molar-refractivity contribution in [3.05, 3.63) is 24.0 Å². The Labute approximate surface area is 96.6 Å². The first-order valence-electron chi connectivity index (χ1n) is 6.21. The number of H-pyrrole nitrogens is 1. The number of aromatic nitrogens is 1. The van der Waals surface area contributed by atoms with E-state index in [1.54, 1.807) is 6.20 Å². The summed E-state index contributed by atoms with van der Waals surface area (Å²) in [5, 5.41) is 3.08. The molecule has 0 aromatic carbocycles. The summed E-state index contributed by atoms with van der Waals surface area (Å²) in [6.07, 6.45) is 8.27. The Balaban J connectivity index is 1.86. The lowest BCUT2D eigenvalue weighted by molar-refractivity contribution is 0.0915. The van der Waals surface area contributed by atoms with Crippen LogP contribution in [0.5, 0.6) is 0 Å². The summed E-state index contributed by atoms with van der Waals surface area (Å²) < 4.78 is 0. The molecule has 1 fully saturated rings. The second-order valence-electron chi connectivity index (χ2n) is 4.74. The minimum atomic E-state index is 0.0167. The molecule has 0 spiro atoms. The predicted octanol–water partition coefficient (Wildman–Crippen LogP) is 2.71. The standard InChI is InChI=1S/C13H20N2O/c1-10(11-6-3-2-4-7-11)15-13(16)12-8-5-9-14-12/h5,8-11,14H,2-4,6-7H2,1H3,(H,15,16)/t10-/m1/s1. The van der Waals surface area contributed by atoms with E-state index >= 15 is 0 Å². The van der Waals surface area contributed by atoms with E-state index in [1.165, 1.54) is 32.1 Å². The molecule has 1 aliphatic rings. The maximum atomic E-state index is 11.8. The first kappa shape index (κ1) is 11.2. The van der Waals surface area contributed by atoms with Crippen LogP contribution in [-0.2, 0) is 0 Å². The molecule has 16 heavy (non-hydrogen) atoms. The highest BCUT2D eigenvalue weighted by Gasteiger charge is 2.21. The van der Waals surface area contributed by atoms with E-state index in [9.17, 15) is 4.79 Å². The van der Waals surface area contributed by atoms with Crippen LogP contribution in [0.3, 0.4) is 0 Å². The highest BCUT2D eigenvalue weighted by molar-refractivity contribution is 5.92. The molecule has 0 aliphatic heterocycles. The number of hydrogen-bond donors (Lipinski definition) is 2. The van der Waals surface area contributed by atoms with E-state index < -0.39 is 0 Å². The zero-order chi connectivity index (χ0) is 11.4. The first-order valence-corrected chi connectivity index (χ1v) is 6.21. The van der Waals surface area contributed by atoms with Crippen LogP contribution in [0.25, 0.3) is 0 Å². The number of rotatable bonds is 3. The van der Waals surface area contributed by atoms with Gasteiger partial charge in [0.25, 0.3) is 5.91 Å². The van der Waals surface area contributed by atoms with Gasteiger partial charge in [-0.25, -0.2) is 0 Å². The monoisotopic (exact) mass is 220 g/mol. The van der Waals surface area contributed by atoms with Crippen LogP contribution in [0, 0.1) is 5.92 Å². The summed E-state index contributed by atoms with van der Waals surface area (Å²) in [6, 6.07) is 3.94. The Kier molecular flexibility index (Phi) is 3.65. The van der Waals surface area contributed by atoms with Crippen molar-refractivity contribution in [3.8, 4) is 0 Å². The van der Waals surface area contributed by atoms with Crippen molar-refractivity contribution in [3.63, 3.8) is 0 Å². The zero-order valence-electron chi connectivity index (χ0n) is 9.83. The maximum Gasteiger partial charge on any atom is 0.267 e. The lowest BCUT2D eigenvalue weighted by Gasteiger charge is -2.28. The van der Waals surface area contributed by atoms with Crippen LogP contribution >= 0.6 is 0 Å². The third kappa shape index (κ3) is 2.65. The third-order valence-corrected chi connectivity index (χ3v) is 3.56. The van der Waals surface area contributed by atoms with Gasteiger partial charge in [-0.1, -0.05) is 19.3 Å². The van der Waals surface area contributed by atoms with E-state index in [1.807, 2.05) is 12.1 Å². The predicted molar refractivity (Wildman–Crippen MR) is 64.3 cm³/mol. The van der Waals surface area contributed by atoms with Crippen LogP contribution in [-0.4, -0.2) is 16.9 Å². The fourth-order valence-electron chi connectivity index (χ4n) is 2.51. The number of carbonyl (C=O) groups excluding carboxylic acids is 1. The number of aromatic amines is 1. The van der Waals surface area contributed by atoms with Gasteiger partial charge >= 0.3 is 0 Å². The molecular weight excluding hydrogens is 200 g/mol. The van der Waals surface area contributed by atoms with Crippen LogP contribution in [0.1, 0.15) is 49.5 Å². The Morgan fingerprint density at radius 2 is 2.19 bits per heavy atom. The molecule has 2 N–H and O–H groups in total. The molecule has 1 atom stereocenters. The average Bonchev–Trinajstić information content (AvgIpc) is 2.83. The van der Waals surface area contributed by atoms with E-state index in [0.717, 1.165) is 0 Å². The van der Waals surface area contributed by atoms with Crippen molar-refractivity contribution >= 4 is 5.91 Å². The quantitative estimate of drug-likeness (QED) is 0.808. The summed E-state index contributed by atoms with van der Waals surface area (Å²) in [7, 11) is 0. The summed E-state index contributed by atoms with van der Waals surface area (Å²) in [5.41, 5.74) is 0.655. The zero-order valence-corrected chi connectivity index (χ0v) is 9.83. The van der Waals surface area contributed by atoms with Gasteiger partial charge in [0.15, 0.2) is 0 Å². The first-order chi connectivity index (χ1) is 7.77. The van der Waals surface area contributed by atoms with Gasteiger partial charge in [0, 0.05) is 12.2 Å². The van der Waals surface area contributed by atoms with Gasteiger partial charge in [-0.2, -0.15) is 0 Å². The largest absolute Gasteiger partial charge is 0.357 e. The minimum absolute atomic E-state index is 0.0167. The lowest BCUT2D eigenvalue weighted by Crippen LogP contribution is -2.39. The van der Waals surface area contributed by atoms with Gasteiger partial charge < -0.3 is 10.3 Å². The van der Waals surface area contributed by atoms with Crippen molar-refractivity contribution in [1.82, 2.24) is 10.3 Å². The van der Waals surface area contributed by atoms with Gasteiger partial charge in [-0.05, 0) is 37.8 Å². The van der Waals surface area contributed by atoms with Crippen molar-refractivity contribution in [2.75, 3.05) is 0 Å². The molecule has 1 aromatic rings. The highest BCUT2D eigenvalue weighted by Crippen LogP contribution is 2.26. The third-order valence-electron chi connectivity index (χ3n) is 3.56. The topological polar surface area (TPSA) is 44.9 Å². The summed E-state index contributed by atoms with van der Waals surface area (Å²) in [5.74, 6) is 0.677. The molecular formula is C13H20N2O. The smallest absolute Gasteiger partial charge is 0.267 e. The minimum Gasteiger partial charge on any atom is -0.357 e. The Morgan fingerprint density at radius 3 is 2.81 bits per heavy atom. The molecule has 1 heterocycles. The number of hydrogen-bond acceptors (Lipinski definition) is 1. The molecule has 3 heteroatoms. The molecule has 1 aliphatic carbocycles. The molecule has 1 amide bonds. The van der Waals surface area contributed by atoms with Gasteiger partial charge in [0.05, 0.1) is 0 Å². The van der Waals surface area contributed by atoms with Crippen molar-refractivity contribution in [2.45, 2.75) is 45.1 Å². The van der Waals surface area contributed by atoms with Gasteiger partial charge in [0.2, 0.25) is 0 Å².